The summed E-state index contributed by atoms with van der Waals surface area (Å²) >= 11 is 7.51. The number of halogens is 2. The Bertz CT molecular complexity index is 1960. The summed E-state index contributed by atoms with van der Waals surface area (Å²) in [6.45, 7) is 9.46. The van der Waals surface area contributed by atoms with Crippen LogP contribution in [0.5, 0.6) is 0 Å². The van der Waals surface area contributed by atoms with Crippen molar-refractivity contribution in [3.05, 3.63) is 116 Å². The highest BCUT2D eigenvalue weighted by Gasteiger charge is 2.28. The summed E-state index contributed by atoms with van der Waals surface area (Å²) in [6.07, 6.45) is 9.87. The number of hydrogen-bond donors (Lipinski definition) is 0. The molecule has 0 saturated carbocycles. The first kappa shape index (κ1) is 32.1. The van der Waals surface area contributed by atoms with Crippen LogP contribution in [0.1, 0.15) is 75.9 Å². The number of fused-ring (bicyclic) bond motifs is 6. The Balaban J connectivity index is 1.13. The zero-order chi connectivity index (χ0) is 33.1. The summed E-state index contributed by atoms with van der Waals surface area (Å²) in [5.41, 5.74) is 13.8. The molecule has 0 fully saturated rings. The Labute approximate surface area is 302 Å². The van der Waals surface area contributed by atoms with Crippen LogP contribution >= 0.6 is 31.9 Å². The average Bonchev–Trinajstić information content (AvgIpc) is 3.55. The summed E-state index contributed by atoms with van der Waals surface area (Å²) in [6, 6.07) is 32.3. The molecule has 2 heterocycles. The van der Waals surface area contributed by atoms with E-state index < -0.39 is 0 Å². The largest absolute Gasteiger partial charge is 0.313 e. The third-order valence-electron chi connectivity index (χ3n) is 11.0. The van der Waals surface area contributed by atoms with E-state index in [0.29, 0.717) is 0 Å². The van der Waals surface area contributed by atoms with Crippen molar-refractivity contribution >= 4 is 53.7 Å². The summed E-state index contributed by atoms with van der Waals surface area (Å²) in [7, 11) is 0. The van der Waals surface area contributed by atoms with Gasteiger partial charge in [-0.25, -0.2) is 0 Å². The van der Waals surface area contributed by atoms with Gasteiger partial charge < -0.3 is 9.13 Å². The minimum absolute atomic E-state index is 0.736. The van der Waals surface area contributed by atoms with Gasteiger partial charge in [0.1, 0.15) is 0 Å². The van der Waals surface area contributed by atoms with Crippen molar-refractivity contribution in [2.24, 2.45) is 23.7 Å². The molecule has 0 amide bonds. The Morgan fingerprint density at radius 2 is 0.958 bits per heavy atom. The van der Waals surface area contributed by atoms with Gasteiger partial charge in [-0.15, -0.1) is 0 Å². The number of rotatable bonds is 7. The van der Waals surface area contributed by atoms with Crippen LogP contribution < -0.4 is 0 Å². The summed E-state index contributed by atoms with van der Waals surface area (Å²) in [5, 5.41) is 2.81. The van der Waals surface area contributed by atoms with E-state index in [1.54, 1.807) is 11.1 Å². The first-order chi connectivity index (χ1) is 23.2. The molecule has 2 aliphatic carbocycles. The molecule has 6 aromatic rings. The van der Waals surface area contributed by atoms with E-state index in [1.165, 1.54) is 94.2 Å². The zero-order valence-corrected chi connectivity index (χ0v) is 31.9. The predicted octanol–water partition coefficient (Wildman–Crippen LogP) is 13.1. The fraction of sp³-hybridized carbons (Fsp3) is 0.364. The van der Waals surface area contributed by atoms with Crippen LogP contribution in [0.15, 0.2) is 93.9 Å². The highest BCUT2D eigenvalue weighted by molar-refractivity contribution is 9.10. The van der Waals surface area contributed by atoms with Gasteiger partial charge in [-0.3, -0.25) is 0 Å². The molecule has 0 spiro atoms. The first-order valence-electron chi connectivity index (χ1n) is 18.1. The molecule has 0 aliphatic heterocycles. The second-order valence-electron chi connectivity index (χ2n) is 15.4. The van der Waals surface area contributed by atoms with E-state index in [9.17, 15) is 0 Å². The minimum Gasteiger partial charge on any atom is -0.313 e. The van der Waals surface area contributed by atoms with Crippen LogP contribution in [0.25, 0.3) is 44.3 Å². The van der Waals surface area contributed by atoms with Gasteiger partial charge in [0, 0.05) is 42.5 Å². The van der Waals surface area contributed by atoms with Gasteiger partial charge in [0.05, 0.1) is 11.0 Å². The van der Waals surface area contributed by atoms with Gasteiger partial charge in [-0.1, -0.05) is 83.8 Å². The summed E-state index contributed by atoms with van der Waals surface area (Å²) in [4.78, 5) is 0. The number of nitrogens with zero attached hydrogens (tertiary/aromatic N) is 2. The maximum Gasteiger partial charge on any atom is 0.0535 e. The highest BCUT2D eigenvalue weighted by atomic mass is 79.9. The lowest BCUT2D eigenvalue weighted by atomic mass is 9.82. The molecule has 0 bridgehead atoms. The molecular formula is C44H46Br2N2. The Morgan fingerprint density at radius 3 is 1.33 bits per heavy atom. The quantitative estimate of drug-likeness (QED) is 0.153. The molecular weight excluding hydrogens is 716 g/mol. The zero-order valence-electron chi connectivity index (χ0n) is 28.7. The van der Waals surface area contributed by atoms with E-state index >= 15 is 0 Å². The summed E-state index contributed by atoms with van der Waals surface area (Å²) < 4.78 is 7.44. The third-order valence-corrected chi connectivity index (χ3v) is 12.0. The molecule has 2 aromatic heterocycles. The van der Waals surface area contributed by atoms with Gasteiger partial charge in [0.15, 0.2) is 0 Å². The molecule has 2 nitrogen and oxygen atoms in total. The minimum atomic E-state index is 0.736. The lowest BCUT2D eigenvalue weighted by Gasteiger charge is -2.26. The topological polar surface area (TPSA) is 9.86 Å². The average molecular weight is 763 g/mol. The molecule has 4 aromatic carbocycles. The number of hydrogen-bond acceptors (Lipinski definition) is 0. The van der Waals surface area contributed by atoms with Crippen molar-refractivity contribution in [2.45, 2.75) is 79.1 Å². The second kappa shape index (κ2) is 13.0. The van der Waals surface area contributed by atoms with Crippen molar-refractivity contribution in [2.75, 3.05) is 0 Å². The molecule has 2 atom stereocenters. The fourth-order valence-electron chi connectivity index (χ4n) is 9.13. The Morgan fingerprint density at radius 1 is 0.562 bits per heavy atom. The first-order valence-corrected chi connectivity index (χ1v) is 19.7. The molecule has 48 heavy (non-hydrogen) atoms. The molecule has 4 heteroatoms. The Hall–Kier alpha value is -3.08. The van der Waals surface area contributed by atoms with Gasteiger partial charge in [0.2, 0.25) is 0 Å². The number of aryl methyl sites for hydroxylation is 2. The molecule has 2 unspecified atom stereocenters. The Kier molecular flexibility index (Phi) is 8.70. The van der Waals surface area contributed by atoms with Crippen LogP contribution in [-0.2, 0) is 25.7 Å². The van der Waals surface area contributed by atoms with Crippen molar-refractivity contribution in [1.82, 2.24) is 9.13 Å². The monoisotopic (exact) mass is 760 g/mol. The van der Waals surface area contributed by atoms with Crippen LogP contribution in [0.3, 0.4) is 0 Å². The van der Waals surface area contributed by atoms with Gasteiger partial charge in [-0.05, 0) is 158 Å². The van der Waals surface area contributed by atoms with Crippen LogP contribution in [0.4, 0.5) is 0 Å². The van der Waals surface area contributed by atoms with E-state index in [-0.39, 0.29) is 0 Å². The molecule has 2 aliphatic rings. The van der Waals surface area contributed by atoms with Crippen molar-refractivity contribution in [3.63, 3.8) is 0 Å². The van der Waals surface area contributed by atoms with E-state index in [2.05, 4.69) is 154 Å². The second-order valence-corrected chi connectivity index (χ2v) is 17.2. The smallest absolute Gasteiger partial charge is 0.0535 e. The lowest BCUT2D eigenvalue weighted by Crippen LogP contribution is -2.18. The number of benzene rings is 4. The molecule has 0 saturated heterocycles. The molecule has 246 valence electrons. The van der Waals surface area contributed by atoms with Crippen molar-refractivity contribution in [3.8, 4) is 22.5 Å². The third kappa shape index (κ3) is 5.92. The maximum absolute atomic E-state index is 3.75. The predicted molar refractivity (Wildman–Crippen MR) is 211 cm³/mol. The molecule has 0 radical (unpaired) electrons. The number of aromatic nitrogens is 2. The molecule has 0 N–H and O–H groups in total. The van der Waals surface area contributed by atoms with Gasteiger partial charge in [0.25, 0.3) is 0 Å². The van der Waals surface area contributed by atoms with E-state index in [0.717, 1.165) is 45.5 Å². The van der Waals surface area contributed by atoms with Crippen LogP contribution in [0.2, 0.25) is 0 Å². The summed E-state index contributed by atoms with van der Waals surface area (Å²) in [5.74, 6) is 2.99. The van der Waals surface area contributed by atoms with E-state index in [1.807, 2.05) is 0 Å². The van der Waals surface area contributed by atoms with Crippen LogP contribution in [-0.4, -0.2) is 9.13 Å². The lowest BCUT2D eigenvalue weighted by molar-refractivity contribution is 0.366. The van der Waals surface area contributed by atoms with Gasteiger partial charge >= 0.3 is 0 Å². The van der Waals surface area contributed by atoms with Crippen molar-refractivity contribution < 1.29 is 0 Å². The fourth-order valence-corrected chi connectivity index (χ4v) is 9.85. The molecule has 8 rings (SSSR count). The standard InChI is InChI=1S/C44H46Br2N2/c1-27(2)21-29-5-17-37-39-25-33(45)11-19-41(39)47(43(37)23-29)35-13-7-31(8-14-35)32-9-15-36(16-10-32)48-42-20-12-34(46)26-40(42)38-18-6-30(22-28(3)4)24-44(38)48/h7-16,19-20,25-30H,5-6,17-18,21-24H2,1-4H3. The maximum atomic E-state index is 3.75. The van der Waals surface area contributed by atoms with Gasteiger partial charge in [-0.2, -0.15) is 0 Å². The highest BCUT2D eigenvalue weighted by Crippen LogP contribution is 2.41. The SMILES string of the molecule is CC(C)CC1CCc2c(n(-c3ccc(-c4ccc(-n5c6c(c7cc(Br)ccc75)CCC(CC(C)C)C6)cc4)cc3)c3ccc(Br)cc23)C1. The van der Waals surface area contributed by atoms with Crippen molar-refractivity contribution in [1.29, 1.82) is 0 Å². The van der Waals surface area contributed by atoms with E-state index in [4.69, 9.17) is 0 Å². The normalized spacial score (nSPS) is 17.8. The van der Waals surface area contributed by atoms with Crippen LogP contribution in [0, 0.1) is 23.7 Å².